The first kappa shape index (κ1) is 18.0. The summed E-state index contributed by atoms with van der Waals surface area (Å²) in [6.07, 6.45) is 0. The van der Waals surface area contributed by atoms with Crippen LogP contribution < -0.4 is 15.0 Å². The summed E-state index contributed by atoms with van der Waals surface area (Å²) in [5, 5.41) is 3.29. The highest BCUT2D eigenvalue weighted by atomic mass is 19.1. The van der Waals surface area contributed by atoms with Crippen LogP contribution in [0, 0.1) is 5.82 Å². The molecule has 6 nitrogen and oxygen atoms in total. The number of rotatable bonds is 2. The predicted molar refractivity (Wildman–Crippen MR) is 105 cm³/mol. The number of aromatic nitrogens is 2. The SMILES string of the molecule is CC(C)(C)N1CCN(c2nc(-c3cccc(F)c3)nc3c2OCCN3)CC1. The zero-order valence-corrected chi connectivity index (χ0v) is 16.1. The average molecular weight is 371 g/mol. The van der Waals surface area contributed by atoms with Crippen LogP contribution in [0.25, 0.3) is 11.4 Å². The van der Waals surface area contributed by atoms with Gasteiger partial charge < -0.3 is 15.0 Å². The molecule has 1 saturated heterocycles. The Kier molecular flexibility index (Phi) is 4.63. The Balaban J connectivity index is 1.68. The first-order chi connectivity index (χ1) is 12.9. The maximum atomic E-state index is 13.7. The molecule has 0 spiro atoms. The van der Waals surface area contributed by atoms with Gasteiger partial charge in [0.05, 0.1) is 6.54 Å². The number of benzene rings is 1. The van der Waals surface area contributed by atoms with Crippen molar-refractivity contribution in [1.29, 1.82) is 0 Å². The van der Waals surface area contributed by atoms with Crippen LogP contribution in [-0.2, 0) is 0 Å². The van der Waals surface area contributed by atoms with Gasteiger partial charge in [-0.3, -0.25) is 4.90 Å². The normalized spacial score (nSPS) is 17.9. The summed E-state index contributed by atoms with van der Waals surface area (Å²) < 4.78 is 19.6. The molecule has 144 valence electrons. The van der Waals surface area contributed by atoms with E-state index in [1.54, 1.807) is 6.07 Å². The molecular formula is C20H26FN5O. The number of hydrogen-bond acceptors (Lipinski definition) is 6. The van der Waals surface area contributed by atoms with Gasteiger partial charge in [-0.25, -0.2) is 14.4 Å². The van der Waals surface area contributed by atoms with Gasteiger partial charge in [0.2, 0.25) is 5.75 Å². The number of nitrogens with zero attached hydrogens (tertiary/aromatic N) is 4. The molecular weight excluding hydrogens is 345 g/mol. The van der Waals surface area contributed by atoms with Gasteiger partial charge in [0.15, 0.2) is 17.5 Å². The fourth-order valence-corrected chi connectivity index (χ4v) is 3.57. The number of nitrogens with one attached hydrogen (secondary N) is 1. The van der Waals surface area contributed by atoms with Gasteiger partial charge in [-0.15, -0.1) is 0 Å². The quantitative estimate of drug-likeness (QED) is 0.876. The fourth-order valence-electron chi connectivity index (χ4n) is 3.57. The number of piperazine rings is 1. The molecule has 0 atom stereocenters. The highest BCUT2D eigenvalue weighted by molar-refractivity contribution is 5.71. The highest BCUT2D eigenvalue weighted by Gasteiger charge is 2.30. The van der Waals surface area contributed by atoms with Crippen LogP contribution in [0.15, 0.2) is 24.3 Å². The van der Waals surface area contributed by atoms with Crippen molar-refractivity contribution < 1.29 is 9.13 Å². The number of anilines is 2. The predicted octanol–water partition coefficient (Wildman–Crippen LogP) is 3.01. The van der Waals surface area contributed by atoms with Gasteiger partial charge in [-0.2, -0.15) is 0 Å². The maximum Gasteiger partial charge on any atom is 0.204 e. The van der Waals surface area contributed by atoms with E-state index >= 15 is 0 Å². The van der Waals surface area contributed by atoms with E-state index in [1.807, 2.05) is 6.07 Å². The molecule has 1 N–H and O–H groups in total. The third kappa shape index (κ3) is 3.69. The van der Waals surface area contributed by atoms with Crippen molar-refractivity contribution in [2.24, 2.45) is 0 Å². The Morgan fingerprint density at radius 2 is 1.89 bits per heavy atom. The van der Waals surface area contributed by atoms with E-state index in [9.17, 15) is 4.39 Å². The zero-order chi connectivity index (χ0) is 19.0. The molecule has 0 aliphatic carbocycles. The Bertz CT molecular complexity index is 828. The van der Waals surface area contributed by atoms with Crippen LogP contribution in [0.5, 0.6) is 5.75 Å². The molecule has 3 heterocycles. The van der Waals surface area contributed by atoms with E-state index < -0.39 is 0 Å². The molecule has 27 heavy (non-hydrogen) atoms. The van der Waals surface area contributed by atoms with E-state index in [2.05, 4.69) is 40.9 Å². The van der Waals surface area contributed by atoms with E-state index in [4.69, 9.17) is 9.72 Å². The number of halogens is 1. The molecule has 4 rings (SSSR count). The number of hydrogen-bond donors (Lipinski definition) is 1. The van der Waals surface area contributed by atoms with Crippen LogP contribution in [0.4, 0.5) is 16.0 Å². The minimum absolute atomic E-state index is 0.155. The molecule has 2 aliphatic rings. The van der Waals surface area contributed by atoms with E-state index in [0.29, 0.717) is 36.1 Å². The van der Waals surface area contributed by atoms with E-state index in [1.165, 1.54) is 12.1 Å². The largest absolute Gasteiger partial charge is 0.485 e. The molecule has 2 aromatic rings. The van der Waals surface area contributed by atoms with Gasteiger partial charge in [-0.1, -0.05) is 12.1 Å². The Morgan fingerprint density at radius 3 is 2.59 bits per heavy atom. The summed E-state index contributed by atoms with van der Waals surface area (Å²) in [6.45, 7) is 11.7. The van der Waals surface area contributed by atoms with E-state index in [0.717, 1.165) is 32.0 Å². The second kappa shape index (κ2) is 6.96. The van der Waals surface area contributed by atoms with Gasteiger partial charge in [0.1, 0.15) is 12.4 Å². The summed E-state index contributed by atoms with van der Waals surface area (Å²) in [4.78, 5) is 14.1. The van der Waals surface area contributed by atoms with Crippen molar-refractivity contribution in [3.8, 4) is 17.1 Å². The third-order valence-electron chi connectivity index (χ3n) is 5.10. The number of fused-ring (bicyclic) bond motifs is 1. The van der Waals surface area contributed by atoms with Gasteiger partial charge in [0.25, 0.3) is 0 Å². The van der Waals surface area contributed by atoms with Crippen LogP contribution in [0.1, 0.15) is 20.8 Å². The van der Waals surface area contributed by atoms with Crippen molar-refractivity contribution >= 4 is 11.6 Å². The van der Waals surface area contributed by atoms with Crippen molar-refractivity contribution in [3.05, 3.63) is 30.1 Å². The minimum atomic E-state index is -0.293. The molecule has 0 bridgehead atoms. The lowest BCUT2D eigenvalue weighted by molar-refractivity contribution is 0.128. The van der Waals surface area contributed by atoms with Gasteiger partial charge in [0, 0.05) is 37.3 Å². The summed E-state index contributed by atoms with van der Waals surface area (Å²) in [5.41, 5.74) is 0.821. The van der Waals surface area contributed by atoms with Crippen LogP contribution in [0.3, 0.4) is 0 Å². The van der Waals surface area contributed by atoms with Gasteiger partial charge >= 0.3 is 0 Å². The summed E-state index contributed by atoms with van der Waals surface area (Å²) >= 11 is 0. The van der Waals surface area contributed by atoms with Gasteiger partial charge in [-0.05, 0) is 32.9 Å². The summed E-state index contributed by atoms with van der Waals surface area (Å²) in [5.74, 6) is 2.40. The molecule has 1 aromatic carbocycles. The van der Waals surface area contributed by atoms with Crippen LogP contribution in [0.2, 0.25) is 0 Å². The molecule has 0 saturated carbocycles. The Labute approximate surface area is 159 Å². The maximum absolute atomic E-state index is 13.7. The first-order valence-corrected chi connectivity index (χ1v) is 9.46. The van der Waals surface area contributed by atoms with Crippen molar-refractivity contribution in [1.82, 2.24) is 14.9 Å². The molecule has 0 unspecified atom stereocenters. The second-order valence-electron chi connectivity index (χ2n) is 7.98. The summed E-state index contributed by atoms with van der Waals surface area (Å²) in [7, 11) is 0. The third-order valence-corrected chi connectivity index (χ3v) is 5.10. The zero-order valence-electron chi connectivity index (χ0n) is 16.1. The van der Waals surface area contributed by atoms with E-state index in [-0.39, 0.29) is 11.4 Å². The van der Waals surface area contributed by atoms with Crippen LogP contribution in [-0.4, -0.2) is 59.7 Å². The topological polar surface area (TPSA) is 53.5 Å². The lowest BCUT2D eigenvalue weighted by Crippen LogP contribution is -2.53. The molecule has 0 radical (unpaired) electrons. The van der Waals surface area contributed by atoms with Crippen molar-refractivity contribution in [2.75, 3.05) is 49.5 Å². The second-order valence-corrected chi connectivity index (χ2v) is 7.98. The lowest BCUT2D eigenvalue weighted by atomic mass is 10.0. The summed E-state index contributed by atoms with van der Waals surface area (Å²) in [6, 6.07) is 6.40. The molecule has 0 amide bonds. The Hall–Kier alpha value is -2.41. The minimum Gasteiger partial charge on any atom is -0.485 e. The first-order valence-electron chi connectivity index (χ1n) is 9.46. The number of ether oxygens (including phenoxy) is 1. The standard InChI is InChI=1S/C20H26FN5O/c1-20(2,3)26-10-8-25(9-11-26)19-16-18(22-7-12-27-16)23-17(24-19)14-5-4-6-15(21)13-14/h4-6,13H,7-12H2,1-3H3,(H,22,23,24). The lowest BCUT2D eigenvalue weighted by Gasteiger charge is -2.43. The fraction of sp³-hybridized carbons (Fsp3) is 0.500. The average Bonchev–Trinajstić information content (AvgIpc) is 2.66. The molecule has 1 aromatic heterocycles. The molecule has 1 fully saturated rings. The molecule has 7 heteroatoms. The van der Waals surface area contributed by atoms with Crippen molar-refractivity contribution in [2.45, 2.75) is 26.3 Å². The highest BCUT2D eigenvalue weighted by Crippen LogP contribution is 2.37. The molecule has 2 aliphatic heterocycles. The monoisotopic (exact) mass is 371 g/mol. The van der Waals surface area contributed by atoms with Crippen molar-refractivity contribution in [3.63, 3.8) is 0 Å². The smallest absolute Gasteiger partial charge is 0.204 e. The Morgan fingerprint density at radius 1 is 1.11 bits per heavy atom. The van der Waals surface area contributed by atoms with Crippen LogP contribution >= 0.6 is 0 Å².